The molecule has 8 heteroatoms. The second-order valence-corrected chi connectivity index (χ2v) is 6.18. The Morgan fingerprint density at radius 3 is 2.83 bits per heavy atom. The van der Waals surface area contributed by atoms with Crippen molar-refractivity contribution in [2.75, 3.05) is 6.54 Å². The van der Waals surface area contributed by atoms with Crippen molar-refractivity contribution in [2.45, 2.75) is 37.1 Å². The van der Waals surface area contributed by atoms with Gasteiger partial charge in [0.2, 0.25) is 10.0 Å². The molecular formula is C10H15N3O4S. The zero-order valence-electron chi connectivity index (χ0n) is 9.96. The first-order valence-electron chi connectivity index (χ1n) is 5.69. The molecule has 1 atom stereocenters. The summed E-state index contributed by atoms with van der Waals surface area (Å²) in [6.07, 6.45) is 2.98. The maximum Gasteiger partial charge on any atom is 0.322 e. The minimum atomic E-state index is -3.78. The number of nitrogens with one attached hydrogen (secondary N) is 1. The van der Waals surface area contributed by atoms with Gasteiger partial charge in [-0.05, 0) is 26.2 Å². The van der Waals surface area contributed by atoms with Crippen LogP contribution in [0, 0.1) is 6.92 Å². The molecule has 1 aliphatic heterocycles. The van der Waals surface area contributed by atoms with Gasteiger partial charge in [0.1, 0.15) is 10.9 Å². The number of carbonyl (C=O) groups is 1. The lowest BCUT2D eigenvalue weighted by molar-refractivity contribution is -0.142. The lowest BCUT2D eigenvalue weighted by atomic mass is 10.1. The van der Waals surface area contributed by atoms with E-state index >= 15 is 0 Å². The Labute approximate surface area is 105 Å². The summed E-state index contributed by atoms with van der Waals surface area (Å²) < 4.78 is 25.8. The smallest absolute Gasteiger partial charge is 0.322 e. The van der Waals surface area contributed by atoms with Gasteiger partial charge in [0, 0.05) is 6.54 Å². The molecule has 0 amide bonds. The van der Waals surface area contributed by atoms with Crippen LogP contribution in [0.15, 0.2) is 11.1 Å². The van der Waals surface area contributed by atoms with Crippen LogP contribution >= 0.6 is 0 Å². The average molecular weight is 273 g/mol. The van der Waals surface area contributed by atoms with Crippen molar-refractivity contribution < 1.29 is 18.3 Å². The largest absolute Gasteiger partial charge is 0.480 e. The first-order chi connectivity index (χ1) is 8.44. The van der Waals surface area contributed by atoms with Crippen molar-refractivity contribution in [1.82, 2.24) is 14.5 Å². The van der Waals surface area contributed by atoms with Gasteiger partial charge < -0.3 is 5.11 Å². The molecule has 2 rings (SSSR count). The SMILES string of the molecule is Cc1[nH]ncc1S(=O)(=O)N1CCCC[C@@H]1C(=O)O. The van der Waals surface area contributed by atoms with E-state index in [-0.39, 0.29) is 11.4 Å². The van der Waals surface area contributed by atoms with Gasteiger partial charge >= 0.3 is 5.97 Å². The third kappa shape index (κ3) is 2.13. The molecule has 1 fully saturated rings. The van der Waals surface area contributed by atoms with Crippen molar-refractivity contribution >= 4 is 16.0 Å². The number of aliphatic carboxylic acids is 1. The summed E-state index contributed by atoms with van der Waals surface area (Å²) in [7, 11) is -3.78. The van der Waals surface area contributed by atoms with Gasteiger partial charge in [-0.1, -0.05) is 0 Å². The highest BCUT2D eigenvalue weighted by molar-refractivity contribution is 7.89. The molecule has 1 aromatic heterocycles. The standard InChI is InChI=1S/C10H15N3O4S/c1-7-9(6-11-12-7)18(16,17)13-5-3-2-4-8(13)10(14)15/h6,8H,2-5H2,1H3,(H,11,12)(H,14,15)/t8-/m1/s1. The van der Waals surface area contributed by atoms with E-state index in [9.17, 15) is 13.2 Å². The number of sulfonamides is 1. The van der Waals surface area contributed by atoms with Crippen molar-refractivity contribution in [3.8, 4) is 0 Å². The van der Waals surface area contributed by atoms with Crippen LogP contribution in [0.5, 0.6) is 0 Å². The normalized spacial score (nSPS) is 21.9. The fraction of sp³-hybridized carbons (Fsp3) is 0.600. The van der Waals surface area contributed by atoms with Crippen LogP contribution in [-0.2, 0) is 14.8 Å². The van der Waals surface area contributed by atoms with Gasteiger partial charge in [0.05, 0.1) is 11.9 Å². The molecule has 100 valence electrons. The van der Waals surface area contributed by atoms with Crippen molar-refractivity contribution in [3.05, 3.63) is 11.9 Å². The molecule has 0 spiro atoms. The number of nitrogens with zero attached hydrogens (tertiary/aromatic N) is 2. The van der Waals surface area contributed by atoms with E-state index in [0.717, 1.165) is 10.7 Å². The molecule has 2 heterocycles. The Balaban J connectivity index is 2.39. The molecule has 2 N–H and O–H groups in total. The molecular weight excluding hydrogens is 258 g/mol. The lowest BCUT2D eigenvalue weighted by Crippen LogP contribution is -2.47. The highest BCUT2D eigenvalue weighted by Gasteiger charge is 2.38. The maximum absolute atomic E-state index is 12.4. The van der Waals surface area contributed by atoms with E-state index in [0.29, 0.717) is 18.5 Å². The predicted octanol–water partition coefficient (Wildman–Crippen LogP) is 0.346. The summed E-state index contributed by atoms with van der Waals surface area (Å²) in [6.45, 7) is 1.84. The van der Waals surface area contributed by atoms with Crippen LogP contribution in [0.3, 0.4) is 0 Å². The Morgan fingerprint density at radius 2 is 2.28 bits per heavy atom. The zero-order chi connectivity index (χ0) is 13.3. The fourth-order valence-corrected chi connectivity index (χ4v) is 3.94. The number of carboxylic acids is 1. The van der Waals surface area contributed by atoms with Crippen LogP contribution in [0.2, 0.25) is 0 Å². The minimum Gasteiger partial charge on any atom is -0.480 e. The van der Waals surface area contributed by atoms with Gasteiger partial charge in [-0.3, -0.25) is 9.89 Å². The molecule has 1 aromatic rings. The van der Waals surface area contributed by atoms with Crippen molar-refractivity contribution in [3.63, 3.8) is 0 Å². The topological polar surface area (TPSA) is 103 Å². The van der Waals surface area contributed by atoms with Crippen LogP contribution in [0.25, 0.3) is 0 Å². The Morgan fingerprint density at radius 1 is 1.56 bits per heavy atom. The fourth-order valence-electron chi connectivity index (χ4n) is 2.17. The van der Waals surface area contributed by atoms with Gasteiger partial charge in [0.25, 0.3) is 0 Å². The van der Waals surface area contributed by atoms with E-state index < -0.39 is 22.0 Å². The van der Waals surface area contributed by atoms with E-state index in [4.69, 9.17) is 5.11 Å². The Hall–Kier alpha value is -1.41. The molecule has 0 unspecified atom stereocenters. The van der Waals surface area contributed by atoms with Crippen molar-refractivity contribution in [2.24, 2.45) is 0 Å². The number of aryl methyl sites for hydroxylation is 1. The number of aromatic nitrogens is 2. The quantitative estimate of drug-likeness (QED) is 0.826. The first-order valence-corrected chi connectivity index (χ1v) is 7.13. The number of hydrogen-bond donors (Lipinski definition) is 2. The van der Waals surface area contributed by atoms with Gasteiger partial charge in [-0.15, -0.1) is 0 Å². The molecule has 7 nitrogen and oxygen atoms in total. The zero-order valence-corrected chi connectivity index (χ0v) is 10.8. The number of hydrogen-bond acceptors (Lipinski definition) is 4. The van der Waals surface area contributed by atoms with Gasteiger partial charge in [-0.25, -0.2) is 8.42 Å². The van der Waals surface area contributed by atoms with Gasteiger partial charge in [-0.2, -0.15) is 9.40 Å². The number of piperidine rings is 1. The molecule has 0 bridgehead atoms. The van der Waals surface area contributed by atoms with Crippen LogP contribution in [0.4, 0.5) is 0 Å². The third-order valence-electron chi connectivity index (χ3n) is 3.11. The highest BCUT2D eigenvalue weighted by Crippen LogP contribution is 2.26. The lowest BCUT2D eigenvalue weighted by Gasteiger charge is -2.31. The summed E-state index contributed by atoms with van der Waals surface area (Å²) in [4.78, 5) is 11.2. The summed E-state index contributed by atoms with van der Waals surface area (Å²) in [5.41, 5.74) is 0.421. The molecule has 1 aliphatic rings. The molecule has 0 aromatic carbocycles. The van der Waals surface area contributed by atoms with E-state index in [1.54, 1.807) is 6.92 Å². The molecule has 0 radical (unpaired) electrons. The maximum atomic E-state index is 12.4. The summed E-state index contributed by atoms with van der Waals surface area (Å²) >= 11 is 0. The summed E-state index contributed by atoms with van der Waals surface area (Å²) in [5.74, 6) is -1.10. The molecule has 18 heavy (non-hydrogen) atoms. The minimum absolute atomic E-state index is 0.0515. The monoisotopic (exact) mass is 273 g/mol. The summed E-state index contributed by atoms with van der Waals surface area (Å²) in [5, 5.41) is 15.3. The first kappa shape index (κ1) is 13.0. The van der Waals surface area contributed by atoms with Crippen LogP contribution < -0.4 is 0 Å². The molecule has 0 saturated carbocycles. The number of carboxylic acid groups (broad SMARTS) is 1. The number of H-pyrrole nitrogens is 1. The van der Waals surface area contributed by atoms with Gasteiger partial charge in [0.15, 0.2) is 0 Å². The second-order valence-electron chi connectivity index (χ2n) is 4.32. The Kier molecular flexibility index (Phi) is 3.40. The average Bonchev–Trinajstić information content (AvgIpc) is 2.76. The summed E-state index contributed by atoms with van der Waals surface area (Å²) in [6, 6.07) is -0.974. The number of aromatic amines is 1. The van der Waals surface area contributed by atoms with Crippen LogP contribution in [0.1, 0.15) is 25.0 Å². The van der Waals surface area contributed by atoms with E-state index in [1.165, 1.54) is 6.20 Å². The van der Waals surface area contributed by atoms with E-state index in [1.807, 2.05) is 0 Å². The Bertz CT molecular complexity index is 551. The number of rotatable bonds is 3. The van der Waals surface area contributed by atoms with Crippen LogP contribution in [-0.4, -0.2) is 46.6 Å². The second kappa shape index (κ2) is 4.69. The molecule has 1 saturated heterocycles. The highest BCUT2D eigenvalue weighted by atomic mass is 32.2. The predicted molar refractivity (Wildman–Crippen MR) is 62.5 cm³/mol. The molecule has 0 aliphatic carbocycles. The third-order valence-corrected chi connectivity index (χ3v) is 5.13. The van der Waals surface area contributed by atoms with Crippen molar-refractivity contribution in [1.29, 1.82) is 0 Å². The van der Waals surface area contributed by atoms with E-state index in [2.05, 4.69) is 10.2 Å².